The predicted molar refractivity (Wildman–Crippen MR) is 89.3 cm³/mol. The average Bonchev–Trinajstić information content (AvgIpc) is 3.14. The smallest absolute Gasteiger partial charge is 0.247 e. The molecule has 3 heterocycles. The van der Waals surface area contributed by atoms with Crippen LogP contribution in [0.2, 0.25) is 0 Å². The molecule has 1 N–H and O–H groups in total. The summed E-state index contributed by atoms with van der Waals surface area (Å²) >= 11 is 0. The van der Waals surface area contributed by atoms with E-state index in [0.717, 1.165) is 28.4 Å². The van der Waals surface area contributed by atoms with Gasteiger partial charge in [0.15, 0.2) is 5.65 Å². The number of benzene rings is 1. The van der Waals surface area contributed by atoms with Gasteiger partial charge in [-0.25, -0.2) is 9.50 Å². The number of aryl methyl sites for hydroxylation is 2. The third-order valence-corrected chi connectivity index (χ3v) is 3.74. The maximum Gasteiger partial charge on any atom is 0.247 e. The second-order valence-electron chi connectivity index (χ2n) is 5.42. The van der Waals surface area contributed by atoms with Gasteiger partial charge < -0.3 is 9.88 Å². The summed E-state index contributed by atoms with van der Waals surface area (Å²) < 4.78 is 3.83. The molecule has 3 aromatic heterocycles. The van der Waals surface area contributed by atoms with Crippen molar-refractivity contribution in [1.29, 1.82) is 0 Å². The van der Waals surface area contributed by atoms with Crippen molar-refractivity contribution >= 4 is 17.3 Å². The molecular weight excluding hydrogens is 288 g/mol. The Morgan fingerprint density at radius 3 is 2.65 bits per heavy atom. The van der Waals surface area contributed by atoms with E-state index in [1.54, 1.807) is 10.7 Å². The fraction of sp³-hybridized carbons (Fsp3) is 0.118. The zero-order chi connectivity index (χ0) is 15.8. The number of nitrogens with zero attached hydrogens (tertiary/aromatic N) is 5. The Hall–Kier alpha value is -3.15. The molecule has 0 amide bonds. The fourth-order valence-electron chi connectivity index (χ4n) is 2.62. The van der Waals surface area contributed by atoms with Crippen molar-refractivity contribution in [3.63, 3.8) is 0 Å². The molecule has 0 radical (unpaired) electrons. The number of hydrogen-bond donors (Lipinski definition) is 1. The van der Waals surface area contributed by atoms with Crippen LogP contribution in [-0.2, 0) is 0 Å². The molecule has 0 fully saturated rings. The van der Waals surface area contributed by atoms with Crippen LogP contribution in [-0.4, -0.2) is 24.1 Å². The Kier molecular flexibility index (Phi) is 3.08. The lowest BCUT2D eigenvalue weighted by Gasteiger charge is -2.06. The Bertz CT molecular complexity index is 967. The molecule has 0 saturated heterocycles. The average molecular weight is 304 g/mol. The third kappa shape index (κ3) is 2.44. The molecule has 6 nitrogen and oxygen atoms in total. The number of anilines is 2. The van der Waals surface area contributed by atoms with Gasteiger partial charge in [0.2, 0.25) is 5.95 Å². The first-order valence-electron chi connectivity index (χ1n) is 7.40. The summed E-state index contributed by atoms with van der Waals surface area (Å²) in [6, 6.07) is 12.0. The fourth-order valence-corrected chi connectivity index (χ4v) is 2.62. The van der Waals surface area contributed by atoms with Crippen molar-refractivity contribution in [1.82, 2.24) is 24.1 Å². The molecule has 4 aromatic rings. The minimum absolute atomic E-state index is 0.582. The molecule has 0 aliphatic heterocycles. The van der Waals surface area contributed by atoms with E-state index in [9.17, 15) is 0 Å². The van der Waals surface area contributed by atoms with Gasteiger partial charge in [0.25, 0.3) is 0 Å². The quantitative estimate of drug-likeness (QED) is 0.631. The largest absolute Gasteiger partial charge is 0.323 e. The van der Waals surface area contributed by atoms with Gasteiger partial charge >= 0.3 is 0 Å². The minimum Gasteiger partial charge on any atom is -0.323 e. The summed E-state index contributed by atoms with van der Waals surface area (Å²) in [5, 5.41) is 7.75. The second kappa shape index (κ2) is 5.24. The number of nitrogens with one attached hydrogen (secondary N) is 1. The van der Waals surface area contributed by atoms with Crippen LogP contribution in [0.1, 0.15) is 11.4 Å². The molecule has 6 heteroatoms. The van der Waals surface area contributed by atoms with Gasteiger partial charge in [-0.05, 0) is 37.6 Å². The van der Waals surface area contributed by atoms with Crippen LogP contribution in [0.5, 0.6) is 0 Å². The molecule has 0 atom stereocenters. The highest BCUT2D eigenvalue weighted by Crippen LogP contribution is 2.19. The highest BCUT2D eigenvalue weighted by atomic mass is 15.3. The summed E-state index contributed by atoms with van der Waals surface area (Å²) in [5.41, 5.74) is 3.88. The number of rotatable bonds is 3. The highest BCUT2D eigenvalue weighted by molar-refractivity contribution is 5.58. The van der Waals surface area contributed by atoms with E-state index in [1.165, 1.54) is 0 Å². The first-order valence-corrected chi connectivity index (χ1v) is 7.40. The Labute approximate surface area is 133 Å². The summed E-state index contributed by atoms with van der Waals surface area (Å²) in [7, 11) is 0. The van der Waals surface area contributed by atoms with Gasteiger partial charge in [0.05, 0.1) is 11.9 Å². The predicted octanol–water partition coefficient (Wildman–Crippen LogP) is 3.28. The van der Waals surface area contributed by atoms with Gasteiger partial charge in [-0.2, -0.15) is 4.98 Å². The summed E-state index contributed by atoms with van der Waals surface area (Å²) in [6.07, 6.45) is 5.69. The third-order valence-electron chi connectivity index (χ3n) is 3.74. The Balaban J connectivity index is 1.77. The lowest BCUT2D eigenvalue weighted by atomic mass is 10.3. The van der Waals surface area contributed by atoms with E-state index < -0.39 is 0 Å². The SMILES string of the molecule is Cc1cc(-n2ccnc2C)cn2nc(Nc3ccccc3)nc12. The van der Waals surface area contributed by atoms with Crippen molar-refractivity contribution in [3.8, 4) is 5.69 Å². The first kappa shape index (κ1) is 13.5. The van der Waals surface area contributed by atoms with Crippen LogP contribution in [0, 0.1) is 13.8 Å². The number of pyridine rings is 1. The number of imidazole rings is 1. The van der Waals surface area contributed by atoms with E-state index in [0.29, 0.717) is 5.95 Å². The van der Waals surface area contributed by atoms with Gasteiger partial charge in [-0.1, -0.05) is 18.2 Å². The second-order valence-corrected chi connectivity index (χ2v) is 5.42. The van der Waals surface area contributed by atoms with Gasteiger partial charge in [0.1, 0.15) is 5.82 Å². The lowest BCUT2D eigenvalue weighted by Crippen LogP contribution is -2.00. The maximum atomic E-state index is 4.57. The zero-order valence-electron chi connectivity index (χ0n) is 12.9. The summed E-state index contributed by atoms with van der Waals surface area (Å²) in [4.78, 5) is 8.84. The lowest BCUT2D eigenvalue weighted by molar-refractivity contribution is 0.909. The van der Waals surface area contributed by atoms with Crippen LogP contribution in [0.3, 0.4) is 0 Å². The van der Waals surface area contributed by atoms with Crippen LogP contribution in [0.25, 0.3) is 11.3 Å². The number of hydrogen-bond acceptors (Lipinski definition) is 4. The monoisotopic (exact) mass is 304 g/mol. The van der Waals surface area contributed by atoms with E-state index in [-0.39, 0.29) is 0 Å². The minimum atomic E-state index is 0.582. The number of aromatic nitrogens is 5. The Morgan fingerprint density at radius 2 is 1.91 bits per heavy atom. The zero-order valence-corrected chi connectivity index (χ0v) is 12.9. The van der Waals surface area contributed by atoms with E-state index >= 15 is 0 Å². The maximum absolute atomic E-state index is 4.57. The van der Waals surface area contributed by atoms with Crippen molar-refractivity contribution < 1.29 is 0 Å². The summed E-state index contributed by atoms with van der Waals surface area (Å²) in [6.45, 7) is 4.01. The van der Waals surface area contributed by atoms with Crippen molar-refractivity contribution in [2.24, 2.45) is 0 Å². The van der Waals surface area contributed by atoms with Crippen molar-refractivity contribution in [2.45, 2.75) is 13.8 Å². The molecule has 1 aromatic carbocycles. The van der Waals surface area contributed by atoms with E-state index in [1.807, 2.05) is 61.1 Å². The van der Waals surface area contributed by atoms with Crippen LogP contribution in [0.4, 0.5) is 11.6 Å². The van der Waals surface area contributed by atoms with Crippen molar-refractivity contribution in [3.05, 3.63) is 66.4 Å². The molecule has 0 aliphatic rings. The molecule has 4 rings (SSSR count). The van der Waals surface area contributed by atoms with Gasteiger partial charge in [-0.15, -0.1) is 5.10 Å². The summed E-state index contributed by atoms with van der Waals surface area (Å²) in [5.74, 6) is 1.52. The van der Waals surface area contributed by atoms with Crippen molar-refractivity contribution in [2.75, 3.05) is 5.32 Å². The number of fused-ring (bicyclic) bond motifs is 1. The van der Waals surface area contributed by atoms with Crippen LogP contribution < -0.4 is 5.32 Å². The Morgan fingerprint density at radius 1 is 1.09 bits per heavy atom. The van der Waals surface area contributed by atoms with Gasteiger partial charge in [0, 0.05) is 18.1 Å². The standard InChI is InChI=1S/C17H16N6/c1-12-10-15(22-9-8-18-13(22)2)11-23-16(12)20-17(21-23)19-14-6-4-3-5-7-14/h3-11H,1-2H3,(H,19,21). The first-order chi connectivity index (χ1) is 11.2. The number of para-hydroxylation sites is 1. The normalized spacial score (nSPS) is 11.0. The molecule has 0 unspecified atom stereocenters. The highest BCUT2D eigenvalue weighted by Gasteiger charge is 2.10. The molecule has 114 valence electrons. The molecule has 0 saturated carbocycles. The van der Waals surface area contributed by atoms with Crippen LogP contribution in [0.15, 0.2) is 55.0 Å². The molecular formula is C17H16N6. The molecule has 0 bridgehead atoms. The van der Waals surface area contributed by atoms with Gasteiger partial charge in [-0.3, -0.25) is 0 Å². The van der Waals surface area contributed by atoms with E-state index in [4.69, 9.17) is 0 Å². The molecule has 0 aliphatic carbocycles. The topological polar surface area (TPSA) is 60.0 Å². The van der Waals surface area contributed by atoms with Crippen LogP contribution >= 0.6 is 0 Å². The molecule has 23 heavy (non-hydrogen) atoms. The molecule has 0 spiro atoms. The van der Waals surface area contributed by atoms with E-state index in [2.05, 4.69) is 26.4 Å².